The second-order valence-corrected chi connectivity index (χ2v) is 5.28. The second-order valence-electron chi connectivity index (χ2n) is 5.28. The van der Waals surface area contributed by atoms with Crippen molar-refractivity contribution in [2.75, 3.05) is 6.54 Å². The van der Waals surface area contributed by atoms with Crippen LogP contribution < -0.4 is 0 Å². The fourth-order valence-corrected chi connectivity index (χ4v) is 2.69. The third-order valence-electron chi connectivity index (χ3n) is 3.94. The van der Waals surface area contributed by atoms with Crippen molar-refractivity contribution in [3.63, 3.8) is 0 Å². The first-order chi connectivity index (χ1) is 8.58. The number of hydrogen-bond acceptors (Lipinski definition) is 2. The van der Waals surface area contributed by atoms with Gasteiger partial charge in [0.25, 0.3) is 0 Å². The molecule has 98 valence electrons. The number of benzene rings is 1. The number of likely N-dealkylation sites (tertiary alicyclic amines) is 1. The van der Waals surface area contributed by atoms with Gasteiger partial charge in [0.2, 0.25) is 0 Å². The molecule has 1 aromatic rings. The van der Waals surface area contributed by atoms with Gasteiger partial charge in [-0.1, -0.05) is 29.8 Å². The van der Waals surface area contributed by atoms with Crippen molar-refractivity contribution in [2.24, 2.45) is 5.92 Å². The SMILES string of the molecule is Cc1ccc(CN2CCC[C@@H](C(=O)O)[C@H]2C)cc1. The summed E-state index contributed by atoms with van der Waals surface area (Å²) < 4.78 is 0. The van der Waals surface area contributed by atoms with E-state index in [2.05, 4.69) is 36.1 Å². The molecular formula is C15H21NO2. The van der Waals surface area contributed by atoms with Crippen LogP contribution in [0.3, 0.4) is 0 Å². The number of carboxylic acid groups (broad SMARTS) is 1. The number of nitrogens with zero attached hydrogens (tertiary/aromatic N) is 1. The molecule has 1 aliphatic rings. The van der Waals surface area contributed by atoms with E-state index in [0.717, 1.165) is 25.9 Å². The Bertz CT molecular complexity index is 413. The number of carbonyl (C=O) groups is 1. The Labute approximate surface area is 108 Å². The van der Waals surface area contributed by atoms with Crippen LogP contribution in [-0.2, 0) is 11.3 Å². The zero-order valence-corrected chi connectivity index (χ0v) is 11.1. The highest BCUT2D eigenvalue weighted by Gasteiger charge is 2.32. The summed E-state index contributed by atoms with van der Waals surface area (Å²) in [7, 11) is 0. The first-order valence-corrected chi connectivity index (χ1v) is 6.60. The molecule has 0 amide bonds. The topological polar surface area (TPSA) is 40.5 Å². The number of rotatable bonds is 3. The average molecular weight is 247 g/mol. The van der Waals surface area contributed by atoms with Crippen LogP contribution in [0.2, 0.25) is 0 Å². The predicted molar refractivity (Wildman–Crippen MR) is 71.4 cm³/mol. The van der Waals surface area contributed by atoms with Crippen LogP contribution in [0.4, 0.5) is 0 Å². The number of carboxylic acids is 1. The number of piperidine rings is 1. The molecule has 3 heteroatoms. The van der Waals surface area contributed by atoms with E-state index in [1.807, 2.05) is 6.92 Å². The first-order valence-electron chi connectivity index (χ1n) is 6.60. The van der Waals surface area contributed by atoms with E-state index in [4.69, 9.17) is 0 Å². The molecule has 2 atom stereocenters. The summed E-state index contributed by atoms with van der Waals surface area (Å²) in [4.78, 5) is 13.5. The van der Waals surface area contributed by atoms with Crippen LogP contribution in [0.15, 0.2) is 24.3 Å². The van der Waals surface area contributed by atoms with Crippen molar-refractivity contribution >= 4 is 5.97 Å². The van der Waals surface area contributed by atoms with Gasteiger partial charge < -0.3 is 5.11 Å². The summed E-state index contributed by atoms with van der Waals surface area (Å²) in [5.74, 6) is -0.875. The second kappa shape index (κ2) is 5.53. The summed E-state index contributed by atoms with van der Waals surface area (Å²) >= 11 is 0. The van der Waals surface area contributed by atoms with Gasteiger partial charge in [-0.2, -0.15) is 0 Å². The van der Waals surface area contributed by atoms with Crippen LogP contribution in [0, 0.1) is 12.8 Å². The molecule has 18 heavy (non-hydrogen) atoms. The van der Waals surface area contributed by atoms with Crippen molar-refractivity contribution in [3.05, 3.63) is 35.4 Å². The average Bonchev–Trinajstić information content (AvgIpc) is 2.34. The number of aliphatic carboxylic acids is 1. The molecule has 1 fully saturated rings. The number of hydrogen-bond donors (Lipinski definition) is 1. The van der Waals surface area contributed by atoms with Crippen molar-refractivity contribution in [1.29, 1.82) is 0 Å². The molecule has 0 unspecified atom stereocenters. The van der Waals surface area contributed by atoms with Gasteiger partial charge >= 0.3 is 5.97 Å². The van der Waals surface area contributed by atoms with E-state index in [9.17, 15) is 9.90 Å². The molecule has 0 bridgehead atoms. The summed E-state index contributed by atoms with van der Waals surface area (Å²) in [5.41, 5.74) is 2.52. The quantitative estimate of drug-likeness (QED) is 0.892. The molecule has 3 nitrogen and oxygen atoms in total. The highest BCUT2D eigenvalue weighted by molar-refractivity contribution is 5.70. The van der Waals surface area contributed by atoms with Gasteiger partial charge in [-0.3, -0.25) is 9.69 Å². The van der Waals surface area contributed by atoms with Gasteiger partial charge in [-0.05, 0) is 38.8 Å². The lowest BCUT2D eigenvalue weighted by molar-refractivity contribution is -0.145. The zero-order valence-electron chi connectivity index (χ0n) is 11.1. The fraction of sp³-hybridized carbons (Fsp3) is 0.533. The molecule has 2 rings (SSSR count). The lowest BCUT2D eigenvalue weighted by Gasteiger charge is -2.37. The van der Waals surface area contributed by atoms with Crippen LogP contribution in [0.5, 0.6) is 0 Å². The van der Waals surface area contributed by atoms with E-state index >= 15 is 0 Å². The molecule has 0 spiro atoms. The maximum absolute atomic E-state index is 11.2. The summed E-state index contributed by atoms with van der Waals surface area (Å²) in [6, 6.07) is 8.60. The molecule has 0 saturated carbocycles. The molecule has 1 N–H and O–H groups in total. The zero-order chi connectivity index (χ0) is 13.1. The van der Waals surface area contributed by atoms with Gasteiger partial charge in [-0.15, -0.1) is 0 Å². The highest BCUT2D eigenvalue weighted by atomic mass is 16.4. The molecule has 1 aromatic carbocycles. The third-order valence-corrected chi connectivity index (χ3v) is 3.94. The Morgan fingerprint density at radius 1 is 1.39 bits per heavy atom. The molecule has 1 aliphatic heterocycles. The van der Waals surface area contributed by atoms with Crippen LogP contribution in [0.1, 0.15) is 30.9 Å². The van der Waals surface area contributed by atoms with E-state index in [1.165, 1.54) is 11.1 Å². The molecular weight excluding hydrogens is 226 g/mol. The van der Waals surface area contributed by atoms with E-state index in [1.54, 1.807) is 0 Å². The van der Waals surface area contributed by atoms with Crippen LogP contribution in [0.25, 0.3) is 0 Å². The Hall–Kier alpha value is -1.35. The summed E-state index contributed by atoms with van der Waals surface area (Å²) in [6.45, 7) is 5.96. The van der Waals surface area contributed by atoms with Crippen LogP contribution in [-0.4, -0.2) is 28.6 Å². The lowest BCUT2D eigenvalue weighted by Crippen LogP contribution is -2.45. The number of aryl methyl sites for hydroxylation is 1. The Kier molecular flexibility index (Phi) is 4.02. The monoisotopic (exact) mass is 247 g/mol. The van der Waals surface area contributed by atoms with Gasteiger partial charge in [-0.25, -0.2) is 0 Å². The van der Waals surface area contributed by atoms with E-state index < -0.39 is 5.97 Å². The maximum Gasteiger partial charge on any atom is 0.308 e. The molecule has 0 radical (unpaired) electrons. The first kappa shape index (κ1) is 13.1. The van der Waals surface area contributed by atoms with Crippen molar-refractivity contribution in [3.8, 4) is 0 Å². The van der Waals surface area contributed by atoms with Crippen LogP contribution >= 0.6 is 0 Å². The minimum atomic E-state index is -0.656. The largest absolute Gasteiger partial charge is 0.481 e. The standard InChI is InChI=1S/C15H21NO2/c1-11-5-7-13(8-6-11)10-16-9-3-4-14(12(16)2)15(17)18/h5-8,12,14H,3-4,9-10H2,1-2H3,(H,17,18)/t12-,14-/m1/s1. The minimum Gasteiger partial charge on any atom is -0.481 e. The van der Waals surface area contributed by atoms with Gasteiger partial charge in [0.05, 0.1) is 5.92 Å². The Morgan fingerprint density at radius 2 is 2.06 bits per heavy atom. The van der Waals surface area contributed by atoms with Gasteiger partial charge in [0.15, 0.2) is 0 Å². The van der Waals surface area contributed by atoms with E-state index in [0.29, 0.717) is 0 Å². The minimum absolute atomic E-state index is 0.123. The van der Waals surface area contributed by atoms with Crippen molar-refractivity contribution in [1.82, 2.24) is 4.90 Å². The molecule has 0 aromatic heterocycles. The summed E-state index contributed by atoms with van der Waals surface area (Å²) in [5, 5.41) is 9.20. The van der Waals surface area contributed by atoms with E-state index in [-0.39, 0.29) is 12.0 Å². The summed E-state index contributed by atoms with van der Waals surface area (Å²) in [6.07, 6.45) is 1.79. The van der Waals surface area contributed by atoms with Gasteiger partial charge in [0.1, 0.15) is 0 Å². The molecule has 1 saturated heterocycles. The van der Waals surface area contributed by atoms with Gasteiger partial charge in [0, 0.05) is 12.6 Å². The predicted octanol–water partition coefficient (Wildman–Crippen LogP) is 2.68. The van der Waals surface area contributed by atoms with Crippen molar-refractivity contribution in [2.45, 2.75) is 39.3 Å². The Morgan fingerprint density at radius 3 is 2.67 bits per heavy atom. The normalized spacial score (nSPS) is 25.0. The maximum atomic E-state index is 11.2. The molecule has 1 heterocycles. The Balaban J connectivity index is 2.04. The smallest absolute Gasteiger partial charge is 0.308 e. The lowest BCUT2D eigenvalue weighted by atomic mass is 9.90. The third kappa shape index (κ3) is 2.91. The van der Waals surface area contributed by atoms with Crippen molar-refractivity contribution < 1.29 is 9.90 Å². The molecule has 0 aliphatic carbocycles. The fourth-order valence-electron chi connectivity index (χ4n) is 2.69. The highest BCUT2D eigenvalue weighted by Crippen LogP contribution is 2.25.